The summed E-state index contributed by atoms with van der Waals surface area (Å²) in [6.07, 6.45) is 8.70. The van der Waals surface area contributed by atoms with Crippen LogP contribution in [0, 0.1) is 11.3 Å². The number of hydrogen-bond donors (Lipinski definition) is 1. The van der Waals surface area contributed by atoms with Gasteiger partial charge in [0.05, 0.1) is 11.7 Å². The van der Waals surface area contributed by atoms with E-state index in [1.54, 1.807) is 0 Å². The third-order valence-electron chi connectivity index (χ3n) is 5.13. The van der Waals surface area contributed by atoms with E-state index >= 15 is 0 Å². The largest absolute Gasteiger partial charge is 0.375 e. The van der Waals surface area contributed by atoms with Crippen molar-refractivity contribution in [3.8, 4) is 6.07 Å². The van der Waals surface area contributed by atoms with Crippen molar-refractivity contribution < 1.29 is 4.74 Å². The Kier molecular flexibility index (Phi) is 4.07. The maximum absolute atomic E-state index is 9.33. The molecule has 3 fully saturated rings. The van der Waals surface area contributed by atoms with E-state index < -0.39 is 0 Å². The molecule has 2 heterocycles. The van der Waals surface area contributed by atoms with E-state index in [-0.39, 0.29) is 11.6 Å². The summed E-state index contributed by atoms with van der Waals surface area (Å²) < 4.78 is 6.17. The molecule has 0 amide bonds. The fourth-order valence-corrected chi connectivity index (χ4v) is 4.11. The van der Waals surface area contributed by atoms with Gasteiger partial charge >= 0.3 is 0 Å². The molecular weight excluding hydrogens is 238 g/mol. The van der Waals surface area contributed by atoms with Crippen molar-refractivity contribution in [2.24, 2.45) is 0 Å². The lowest BCUT2D eigenvalue weighted by atomic mass is 9.77. The van der Waals surface area contributed by atoms with Gasteiger partial charge in [-0.2, -0.15) is 5.26 Å². The van der Waals surface area contributed by atoms with Gasteiger partial charge in [-0.15, -0.1) is 0 Å². The first-order valence-corrected chi connectivity index (χ1v) is 7.83. The van der Waals surface area contributed by atoms with Gasteiger partial charge in [0.1, 0.15) is 6.04 Å². The number of piperazine rings is 1. The molecule has 4 nitrogen and oxygen atoms in total. The Morgan fingerprint density at radius 3 is 2.89 bits per heavy atom. The van der Waals surface area contributed by atoms with Crippen LogP contribution in [0.1, 0.15) is 44.9 Å². The standard InChI is InChI=1S/C15H25N3O/c16-11-14-12-17-7-8-18(14)13-4-9-19-15(10-13)5-2-1-3-6-15/h13-14,17H,1-10,12H2. The number of ether oxygens (including phenoxy) is 1. The molecule has 106 valence electrons. The van der Waals surface area contributed by atoms with E-state index in [1.807, 2.05) is 0 Å². The van der Waals surface area contributed by atoms with Crippen LogP contribution in [0.2, 0.25) is 0 Å². The second kappa shape index (κ2) is 5.78. The quantitative estimate of drug-likeness (QED) is 0.782. The highest BCUT2D eigenvalue weighted by Crippen LogP contribution is 2.40. The average molecular weight is 263 g/mol. The van der Waals surface area contributed by atoms with E-state index in [0.29, 0.717) is 6.04 Å². The average Bonchev–Trinajstić information content (AvgIpc) is 2.48. The molecule has 3 aliphatic rings. The normalized spacial score (nSPS) is 35.9. The Bertz CT molecular complexity index is 340. The molecule has 1 N–H and O–H groups in total. The molecule has 0 aromatic carbocycles. The lowest BCUT2D eigenvalue weighted by Gasteiger charge is -2.48. The van der Waals surface area contributed by atoms with Gasteiger partial charge in [0.2, 0.25) is 0 Å². The highest BCUT2D eigenvalue weighted by molar-refractivity contribution is 5.01. The van der Waals surface area contributed by atoms with Crippen molar-refractivity contribution in [2.45, 2.75) is 62.6 Å². The lowest BCUT2D eigenvalue weighted by molar-refractivity contribution is -0.127. The molecule has 2 saturated heterocycles. The maximum atomic E-state index is 9.33. The second-order valence-electron chi connectivity index (χ2n) is 6.33. The van der Waals surface area contributed by atoms with E-state index in [1.165, 1.54) is 32.1 Å². The molecule has 4 heteroatoms. The van der Waals surface area contributed by atoms with Crippen molar-refractivity contribution in [1.82, 2.24) is 10.2 Å². The van der Waals surface area contributed by atoms with Crippen LogP contribution in [-0.2, 0) is 4.74 Å². The highest BCUT2D eigenvalue weighted by atomic mass is 16.5. The molecular formula is C15H25N3O. The molecule has 0 aromatic rings. The Balaban J connectivity index is 1.68. The van der Waals surface area contributed by atoms with E-state index in [0.717, 1.165) is 39.1 Å². The molecule has 0 aromatic heterocycles. The van der Waals surface area contributed by atoms with E-state index in [2.05, 4.69) is 16.3 Å². The molecule has 19 heavy (non-hydrogen) atoms. The molecule has 0 bridgehead atoms. The molecule has 1 spiro atoms. The zero-order valence-electron chi connectivity index (χ0n) is 11.7. The third kappa shape index (κ3) is 2.79. The minimum Gasteiger partial charge on any atom is -0.375 e. The van der Waals surface area contributed by atoms with Gasteiger partial charge < -0.3 is 10.1 Å². The maximum Gasteiger partial charge on any atom is 0.111 e. The van der Waals surface area contributed by atoms with E-state index in [9.17, 15) is 5.26 Å². The summed E-state index contributed by atoms with van der Waals surface area (Å²) in [7, 11) is 0. The Hall–Kier alpha value is -0.630. The number of nitriles is 1. The summed E-state index contributed by atoms with van der Waals surface area (Å²) in [5, 5.41) is 12.7. The summed E-state index contributed by atoms with van der Waals surface area (Å²) in [5.41, 5.74) is 0.145. The van der Waals surface area contributed by atoms with Gasteiger partial charge in [0.25, 0.3) is 0 Å². The number of nitrogens with one attached hydrogen (secondary N) is 1. The minimum absolute atomic E-state index is 0.0532. The fourth-order valence-electron chi connectivity index (χ4n) is 4.11. The fraction of sp³-hybridized carbons (Fsp3) is 0.933. The van der Waals surface area contributed by atoms with Gasteiger partial charge in [0, 0.05) is 32.3 Å². The summed E-state index contributed by atoms with van der Waals surface area (Å²) in [5.74, 6) is 0. The van der Waals surface area contributed by atoms with E-state index in [4.69, 9.17) is 4.74 Å². The summed E-state index contributed by atoms with van der Waals surface area (Å²) in [4.78, 5) is 2.44. The van der Waals surface area contributed by atoms with Crippen LogP contribution >= 0.6 is 0 Å². The lowest BCUT2D eigenvalue weighted by Crippen LogP contribution is -2.58. The van der Waals surface area contributed by atoms with Crippen molar-refractivity contribution in [3.05, 3.63) is 0 Å². The Morgan fingerprint density at radius 2 is 2.11 bits per heavy atom. The van der Waals surface area contributed by atoms with Crippen molar-refractivity contribution in [1.29, 1.82) is 5.26 Å². The van der Waals surface area contributed by atoms with Crippen LogP contribution in [0.5, 0.6) is 0 Å². The first-order chi connectivity index (χ1) is 9.33. The van der Waals surface area contributed by atoms with Crippen molar-refractivity contribution in [3.63, 3.8) is 0 Å². The number of nitrogens with zero attached hydrogens (tertiary/aromatic N) is 2. The van der Waals surface area contributed by atoms with Crippen LogP contribution in [0.15, 0.2) is 0 Å². The summed E-state index contributed by atoms with van der Waals surface area (Å²) >= 11 is 0. The summed E-state index contributed by atoms with van der Waals surface area (Å²) in [6.45, 7) is 3.73. The van der Waals surface area contributed by atoms with Gasteiger partial charge in [-0.05, 0) is 25.7 Å². The summed E-state index contributed by atoms with van der Waals surface area (Å²) in [6, 6.07) is 3.07. The first kappa shape index (κ1) is 13.4. The van der Waals surface area contributed by atoms with Crippen LogP contribution in [0.3, 0.4) is 0 Å². The molecule has 3 rings (SSSR count). The van der Waals surface area contributed by atoms with Gasteiger partial charge in [0.15, 0.2) is 0 Å². The van der Waals surface area contributed by atoms with Crippen molar-refractivity contribution in [2.75, 3.05) is 26.2 Å². The molecule has 1 aliphatic carbocycles. The van der Waals surface area contributed by atoms with Gasteiger partial charge in [-0.3, -0.25) is 4.90 Å². The zero-order chi connectivity index (χ0) is 13.1. The van der Waals surface area contributed by atoms with Crippen LogP contribution < -0.4 is 5.32 Å². The Labute approximate surface area is 116 Å². The Morgan fingerprint density at radius 1 is 1.26 bits per heavy atom. The molecule has 0 radical (unpaired) electrons. The minimum atomic E-state index is 0.0532. The predicted molar refractivity (Wildman–Crippen MR) is 73.8 cm³/mol. The number of hydrogen-bond acceptors (Lipinski definition) is 4. The predicted octanol–water partition coefficient (Wildman–Crippen LogP) is 1.67. The SMILES string of the molecule is N#CC1CNCCN1C1CCOC2(CCCCC2)C1. The van der Waals surface area contributed by atoms with Gasteiger partial charge in [-0.25, -0.2) is 0 Å². The van der Waals surface area contributed by atoms with Gasteiger partial charge in [-0.1, -0.05) is 19.3 Å². The van der Waals surface area contributed by atoms with Crippen LogP contribution in [0.4, 0.5) is 0 Å². The molecule has 1 saturated carbocycles. The number of rotatable bonds is 1. The topological polar surface area (TPSA) is 48.3 Å². The van der Waals surface area contributed by atoms with Crippen LogP contribution in [0.25, 0.3) is 0 Å². The van der Waals surface area contributed by atoms with Crippen molar-refractivity contribution >= 4 is 0 Å². The third-order valence-corrected chi connectivity index (χ3v) is 5.13. The molecule has 2 aliphatic heterocycles. The zero-order valence-corrected chi connectivity index (χ0v) is 11.7. The smallest absolute Gasteiger partial charge is 0.111 e. The monoisotopic (exact) mass is 263 g/mol. The second-order valence-corrected chi connectivity index (χ2v) is 6.33. The molecule has 2 unspecified atom stereocenters. The molecule has 2 atom stereocenters. The highest BCUT2D eigenvalue weighted by Gasteiger charge is 2.41. The van der Waals surface area contributed by atoms with Crippen LogP contribution in [-0.4, -0.2) is 48.8 Å². The first-order valence-electron chi connectivity index (χ1n) is 7.83.